The van der Waals surface area contributed by atoms with Gasteiger partial charge in [-0.05, 0) is 68.0 Å². The molecule has 0 fully saturated rings. The predicted molar refractivity (Wildman–Crippen MR) is 124 cm³/mol. The maximum Gasteiger partial charge on any atom is 0.262 e. The highest BCUT2D eigenvalue weighted by molar-refractivity contribution is 7.92. The van der Waals surface area contributed by atoms with Crippen molar-refractivity contribution in [2.75, 3.05) is 11.3 Å². The number of amides is 1. The number of hydrogen-bond donors (Lipinski definition) is 2. The molecular weight excluding hydrogens is 396 g/mol. The van der Waals surface area contributed by atoms with Crippen molar-refractivity contribution >= 4 is 21.6 Å². The summed E-state index contributed by atoms with van der Waals surface area (Å²) in [5.41, 5.74) is 3.31. The van der Waals surface area contributed by atoms with Crippen molar-refractivity contribution in [1.29, 1.82) is 0 Å². The van der Waals surface area contributed by atoms with Crippen LogP contribution in [0.15, 0.2) is 41.3 Å². The van der Waals surface area contributed by atoms with Gasteiger partial charge < -0.3 is 5.32 Å². The molecule has 0 saturated carbocycles. The number of rotatable bonds is 10. The molecule has 0 heterocycles. The first-order chi connectivity index (χ1) is 14.2. The zero-order valence-corrected chi connectivity index (χ0v) is 19.5. The average Bonchev–Trinajstić information content (AvgIpc) is 2.70. The molecule has 0 saturated heterocycles. The molecule has 30 heavy (non-hydrogen) atoms. The number of sulfonamides is 1. The van der Waals surface area contributed by atoms with E-state index in [2.05, 4.69) is 23.9 Å². The third-order valence-corrected chi connectivity index (χ3v) is 6.98. The number of carbonyl (C=O) groups excluding carboxylic acids is 1. The summed E-state index contributed by atoms with van der Waals surface area (Å²) in [4.78, 5) is 12.8. The lowest BCUT2D eigenvalue weighted by Gasteiger charge is -2.16. The average molecular weight is 431 g/mol. The van der Waals surface area contributed by atoms with E-state index in [-0.39, 0.29) is 10.8 Å². The highest BCUT2D eigenvalue weighted by atomic mass is 32.2. The topological polar surface area (TPSA) is 75.3 Å². The molecule has 0 aromatic heterocycles. The third kappa shape index (κ3) is 6.33. The lowest BCUT2D eigenvalue weighted by atomic mass is 9.99. The van der Waals surface area contributed by atoms with Gasteiger partial charge in [-0.2, -0.15) is 0 Å². The predicted octanol–water partition coefficient (Wildman–Crippen LogP) is 5.36. The fourth-order valence-electron chi connectivity index (χ4n) is 3.36. The minimum absolute atomic E-state index is 0.120. The van der Waals surface area contributed by atoms with Gasteiger partial charge in [-0.25, -0.2) is 8.42 Å². The number of nitrogens with one attached hydrogen (secondary N) is 2. The Morgan fingerprint density at radius 3 is 2.37 bits per heavy atom. The van der Waals surface area contributed by atoms with Crippen molar-refractivity contribution in [3.63, 3.8) is 0 Å². The molecule has 1 amide bonds. The first-order valence-electron chi connectivity index (χ1n) is 10.7. The van der Waals surface area contributed by atoms with Gasteiger partial charge in [0, 0.05) is 12.1 Å². The van der Waals surface area contributed by atoms with Gasteiger partial charge in [0.25, 0.3) is 15.9 Å². The summed E-state index contributed by atoms with van der Waals surface area (Å²) in [6.07, 6.45) is 4.37. The lowest BCUT2D eigenvalue weighted by Crippen LogP contribution is -2.29. The number of aryl methyl sites for hydroxylation is 3. The van der Waals surface area contributed by atoms with Crippen LogP contribution in [0.3, 0.4) is 0 Å². The van der Waals surface area contributed by atoms with Crippen molar-refractivity contribution in [3.8, 4) is 0 Å². The van der Waals surface area contributed by atoms with E-state index < -0.39 is 10.0 Å². The number of unbranched alkanes of at least 4 members (excludes halogenated alkanes) is 1. The summed E-state index contributed by atoms with van der Waals surface area (Å²) in [7, 11) is -3.82. The summed E-state index contributed by atoms with van der Waals surface area (Å²) in [6, 6.07) is 10.4. The Labute approximate surface area is 181 Å². The minimum Gasteiger partial charge on any atom is -0.352 e. The summed E-state index contributed by atoms with van der Waals surface area (Å²) in [5, 5.41) is 2.97. The Kier molecular flexibility index (Phi) is 8.47. The molecule has 5 nitrogen and oxygen atoms in total. The Morgan fingerprint density at radius 1 is 1.00 bits per heavy atom. The summed E-state index contributed by atoms with van der Waals surface area (Å²) in [5.74, 6) is 0.196. The number of carbonyl (C=O) groups is 1. The molecule has 2 rings (SSSR count). The summed E-state index contributed by atoms with van der Waals surface area (Å²) >= 11 is 0. The lowest BCUT2D eigenvalue weighted by molar-refractivity contribution is 0.0945. The Bertz CT molecular complexity index is 984. The fourth-order valence-corrected chi connectivity index (χ4v) is 4.75. The van der Waals surface area contributed by atoms with Crippen molar-refractivity contribution in [3.05, 3.63) is 58.7 Å². The van der Waals surface area contributed by atoms with Crippen LogP contribution in [0.25, 0.3) is 0 Å². The normalized spacial score (nSPS) is 12.4. The molecular formula is C24H34N2O3S. The molecule has 164 valence electrons. The molecule has 0 spiro atoms. The quantitative estimate of drug-likeness (QED) is 0.533. The molecule has 2 aromatic carbocycles. The maximum atomic E-state index is 13.0. The molecule has 2 aromatic rings. The van der Waals surface area contributed by atoms with E-state index in [9.17, 15) is 13.2 Å². The molecule has 0 aliphatic heterocycles. The zero-order valence-electron chi connectivity index (χ0n) is 18.7. The standard InChI is InChI=1S/C24H34N2O3S/c1-6-8-9-20(7-2)16-25-24(27)21-13-12-19(5)23(15-21)30(28,29)26-22-14-17(3)10-11-18(22)4/h10-15,20,26H,6-9,16H2,1-5H3,(H,25,27). The van der Waals surface area contributed by atoms with Crippen LogP contribution < -0.4 is 10.0 Å². The van der Waals surface area contributed by atoms with E-state index in [0.29, 0.717) is 29.3 Å². The van der Waals surface area contributed by atoms with Gasteiger partial charge in [-0.1, -0.05) is 51.3 Å². The van der Waals surface area contributed by atoms with E-state index in [1.807, 2.05) is 26.0 Å². The monoisotopic (exact) mass is 430 g/mol. The van der Waals surface area contributed by atoms with Crippen molar-refractivity contribution in [2.45, 2.75) is 65.2 Å². The first-order valence-corrected chi connectivity index (χ1v) is 12.1. The largest absolute Gasteiger partial charge is 0.352 e. The molecule has 2 N–H and O–H groups in total. The molecule has 0 radical (unpaired) electrons. The van der Waals surface area contributed by atoms with Gasteiger partial charge in [0.15, 0.2) is 0 Å². The Hall–Kier alpha value is -2.34. The van der Waals surface area contributed by atoms with Crippen LogP contribution in [-0.4, -0.2) is 20.9 Å². The highest BCUT2D eigenvalue weighted by Crippen LogP contribution is 2.24. The number of anilines is 1. The molecule has 1 unspecified atom stereocenters. The summed E-state index contributed by atoms with van der Waals surface area (Å²) < 4.78 is 28.8. The first kappa shape index (κ1) is 23.9. The smallest absolute Gasteiger partial charge is 0.262 e. The third-order valence-electron chi connectivity index (χ3n) is 5.47. The Balaban J connectivity index is 2.21. The SMILES string of the molecule is CCCCC(CC)CNC(=O)c1ccc(C)c(S(=O)(=O)Nc2cc(C)ccc2C)c1. The molecule has 6 heteroatoms. The van der Waals surface area contributed by atoms with Gasteiger partial charge in [-0.3, -0.25) is 9.52 Å². The van der Waals surface area contributed by atoms with Gasteiger partial charge in [0.2, 0.25) is 0 Å². The van der Waals surface area contributed by atoms with E-state index in [0.717, 1.165) is 36.8 Å². The number of hydrogen-bond acceptors (Lipinski definition) is 3. The van der Waals surface area contributed by atoms with Crippen molar-refractivity contribution in [2.24, 2.45) is 5.92 Å². The Morgan fingerprint density at radius 2 is 1.70 bits per heavy atom. The van der Waals surface area contributed by atoms with Crippen LogP contribution in [0, 0.1) is 26.7 Å². The maximum absolute atomic E-state index is 13.0. The van der Waals surface area contributed by atoms with Gasteiger partial charge in [0.05, 0.1) is 10.6 Å². The number of benzene rings is 2. The second-order valence-electron chi connectivity index (χ2n) is 8.03. The second-order valence-corrected chi connectivity index (χ2v) is 9.68. The highest BCUT2D eigenvalue weighted by Gasteiger charge is 2.20. The molecule has 0 aliphatic rings. The van der Waals surface area contributed by atoms with E-state index in [1.54, 1.807) is 25.1 Å². The zero-order chi connectivity index (χ0) is 22.3. The van der Waals surface area contributed by atoms with Crippen LogP contribution in [0.5, 0.6) is 0 Å². The van der Waals surface area contributed by atoms with Crippen molar-refractivity contribution < 1.29 is 13.2 Å². The molecule has 1 atom stereocenters. The van der Waals surface area contributed by atoms with Gasteiger partial charge >= 0.3 is 0 Å². The van der Waals surface area contributed by atoms with Crippen LogP contribution in [0.4, 0.5) is 5.69 Å². The van der Waals surface area contributed by atoms with Crippen LogP contribution in [0.1, 0.15) is 66.6 Å². The fraction of sp³-hybridized carbons (Fsp3) is 0.458. The van der Waals surface area contributed by atoms with Crippen LogP contribution in [-0.2, 0) is 10.0 Å². The summed E-state index contributed by atoms with van der Waals surface area (Å²) in [6.45, 7) is 10.4. The van der Waals surface area contributed by atoms with E-state index >= 15 is 0 Å². The van der Waals surface area contributed by atoms with Crippen molar-refractivity contribution in [1.82, 2.24) is 5.32 Å². The van der Waals surface area contributed by atoms with Crippen LogP contribution >= 0.6 is 0 Å². The van der Waals surface area contributed by atoms with Gasteiger partial charge in [-0.15, -0.1) is 0 Å². The van der Waals surface area contributed by atoms with Crippen LogP contribution in [0.2, 0.25) is 0 Å². The molecule has 0 aliphatic carbocycles. The van der Waals surface area contributed by atoms with E-state index in [4.69, 9.17) is 0 Å². The minimum atomic E-state index is -3.82. The molecule has 0 bridgehead atoms. The van der Waals surface area contributed by atoms with Gasteiger partial charge in [0.1, 0.15) is 0 Å². The second kappa shape index (κ2) is 10.6. The van der Waals surface area contributed by atoms with E-state index in [1.165, 1.54) is 6.07 Å².